The van der Waals surface area contributed by atoms with Crippen molar-refractivity contribution >= 4 is 0 Å². The Labute approximate surface area is 100 Å². The third-order valence-electron chi connectivity index (χ3n) is 2.80. The van der Waals surface area contributed by atoms with Crippen molar-refractivity contribution in [3.63, 3.8) is 0 Å². The quantitative estimate of drug-likeness (QED) is 0.875. The fraction of sp³-hybridized carbons (Fsp3) is 0.308. The normalized spacial score (nSPS) is 10.8. The molecule has 0 saturated carbocycles. The number of benzene rings is 1. The molecule has 0 bridgehead atoms. The summed E-state index contributed by atoms with van der Waals surface area (Å²) in [6, 6.07) is 6.58. The van der Waals surface area contributed by atoms with Crippen molar-refractivity contribution in [1.29, 1.82) is 0 Å². The highest BCUT2D eigenvalue weighted by Gasteiger charge is 2.08. The first kappa shape index (κ1) is 11.8. The SMILES string of the molecule is CNCCc1ncc(-c2cccc(F)c2)n1C. The van der Waals surface area contributed by atoms with Crippen LogP contribution >= 0.6 is 0 Å². The highest BCUT2D eigenvalue weighted by Crippen LogP contribution is 2.20. The van der Waals surface area contributed by atoms with Crippen molar-refractivity contribution in [2.24, 2.45) is 7.05 Å². The van der Waals surface area contributed by atoms with Gasteiger partial charge in [-0.05, 0) is 19.2 Å². The molecule has 1 aromatic carbocycles. The minimum absolute atomic E-state index is 0.222. The number of aromatic nitrogens is 2. The molecule has 2 rings (SSSR count). The number of rotatable bonds is 4. The number of halogens is 1. The van der Waals surface area contributed by atoms with Gasteiger partial charge in [0.1, 0.15) is 11.6 Å². The molecule has 3 nitrogen and oxygen atoms in total. The Morgan fingerprint density at radius 3 is 2.94 bits per heavy atom. The summed E-state index contributed by atoms with van der Waals surface area (Å²) in [4.78, 5) is 4.36. The molecule has 1 aromatic heterocycles. The maximum atomic E-state index is 13.2. The van der Waals surface area contributed by atoms with Gasteiger partial charge >= 0.3 is 0 Å². The maximum Gasteiger partial charge on any atom is 0.123 e. The number of likely N-dealkylation sites (N-methyl/N-ethyl adjacent to an activating group) is 1. The van der Waals surface area contributed by atoms with E-state index < -0.39 is 0 Å². The summed E-state index contributed by atoms with van der Waals surface area (Å²) in [6.45, 7) is 0.882. The lowest BCUT2D eigenvalue weighted by Gasteiger charge is -2.06. The third kappa shape index (κ3) is 2.53. The predicted molar refractivity (Wildman–Crippen MR) is 66.2 cm³/mol. The van der Waals surface area contributed by atoms with Crippen LogP contribution in [0.1, 0.15) is 5.82 Å². The molecule has 90 valence electrons. The van der Waals surface area contributed by atoms with Crippen LogP contribution in [0.15, 0.2) is 30.5 Å². The zero-order chi connectivity index (χ0) is 12.3. The van der Waals surface area contributed by atoms with E-state index in [9.17, 15) is 4.39 Å². The zero-order valence-electron chi connectivity index (χ0n) is 10.1. The molecule has 0 fully saturated rings. The largest absolute Gasteiger partial charge is 0.331 e. The smallest absolute Gasteiger partial charge is 0.123 e. The number of hydrogen-bond acceptors (Lipinski definition) is 2. The second-order valence-electron chi connectivity index (χ2n) is 3.98. The summed E-state index contributed by atoms with van der Waals surface area (Å²) < 4.78 is 15.2. The van der Waals surface area contributed by atoms with Gasteiger partial charge in [-0.25, -0.2) is 9.37 Å². The monoisotopic (exact) mass is 233 g/mol. The third-order valence-corrected chi connectivity index (χ3v) is 2.80. The van der Waals surface area contributed by atoms with Gasteiger partial charge in [-0.3, -0.25) is 0 Å². The van der Waals surface area contributed by atoms with Crippen LogP contribution in [0, 0.1) is 5.82 Å². The van der Waals surface area contributed by atoms with Crippen molar-refractivity contribution in [2.45, 2.75) is 6.42 Å². The van der Waals surface area contributed by atoms with Crippen molar-refractivity contribution < 1.29 is 4.39 Å². The standard InChI is InChI=1S/C13H16FN3/c1-15-7-6-13-16-9-12(17(13)2)10-4-3-5-11(14)8-10/h3-5,8-9,15H,6-7H2,1-2H3. The van der Waals surface area contributed by atoms with Crippen LogP contribution in [0.5, 0.6) is 0 Å². The molecule has 1 N–H and O–H groups in total. The second-order valence-corrected chi connectivity index (χ2v) is 3.98. The van der Waals surface area contributed by atoms with Gasteiger partial charge in [-0.2, -0.15) is 0 Å². The van der Waals surface area contributed by atoms with E-state index in [1.165, 1.54) is 12.1 Å². The summed E-state index contributed by atoms with van der Waals surface area (Å²) in [6.07, 6.45) is 2.65. The molecular formula is C13H16FN3. The Balaban J connectivity index is 2.30. The van der Waals surface area contributed by atoms with E-state index in [1.807, 2.05) is 24.7 Å². The number of imidazole rings is 1. The van der Waals surface area contributed by atoms with Gasteiger partial charge in [-0.15, -0.1) is 0 Å². The minimum Gasteiger partial charge on any atom is -0.331 e. The molecule has 0 aliphatic carbocycles. The molecule has 0 saturated heterocycles. The van der Waals surface area contributed by atoms with E-state index in [0.717, 1.165) is 30.0 Å². The summed E-state index contributed by atoms with van der Waals surface area (Å²) in [5.74, 6) is 0.777. The molecule has 0 unspecified atom stereocenters. The average Bonchev–Trinajstić information content (AvgIpc) is 2.68. The first-order valence-electron chi connectivity index (χ1n) is 5.63. The fourth-order valence-electron chi connectivity index (χ4n) is 1.83. The van der Waals surface area contributed by atoms with Gasteiger partial charge in [0.05, 0.1) is 11.9 Å². The first-order chi connectivity index (χ1) is 8.22. The van der Waals surface area contributed by atoms with Gasteiger partial charge in [0, 0.05) is 25.6 Å². The molecule has 2 aromatic rings. The predicted octanol–water partition coefficient (Wildman–Crippen LogP) is 1.99. The number of hydrogen-bond donors (Lipinski definition) is 1. The lowest BCUT2D eigenvalue weighted by atomic mass is 10.1. The molecule has 0 aliphatic heterocycles. The molecule has 0 radical (unpaired) electrons. The minimum atomic E-state index is -0.222. The second kappa shape index (κ2) is 5.10. The van der Waals surface area contributed by atoms with Crippen LogP contribution in [0.2, 0.25) is 0 Å². The lowest BCUT2D eigenvalue weighted by Crippen LogP contribution is -2.13. The molecule has 0 spiro atoms. The zero-order valence-corrected chi connectivity index (χ0v) is 10.1. The Bertz CT molecular complexity index is 505. The molecular weight excluding hydrogens is 217 g/mol. The highest BCUT2D eigenvalue weighted by molar-refractivity contribution is 5.59. The Morgan fingerprint density at radius 2 is 2.24 bits per heavy atom. The van der Waals surface area contributed by atoms with E-state index in [1.54, 1.807) is 12.3 Å². The van der Waals surface area contributed by atoms with Gasteiger partial charge in [0.15, 0.2) is 0 Å². The Kier molecular flexibility index (Phi) is 3.54. The van der Waals surface area contributed by atoms with E-state index in [-0.39, 0.29) is 5.82 Å². The van der Waals surface area contributed by atoms with Crippen LogP contribution in [0.4, 0.5) is 4.39 Å². The van der Waals surface area contributed by atoms with Crippen molar-refractivity contribution in [3.8, 4) is 11.3 Å². The topological polar surface area (TPSA) is 29.9 Å². The first-order valence-corrected chi connectivity index (χ1v) is 5.63. The Morgan fingerprint density at radius 1 is 1.41 bits per heavy atom. The number of nitrogens with zero attached hydrogens (tertiary/aromatic N) is 2. The van der Waals surface area contributed by atoms with Crippen LogP contribution in [0.25, 0.3) is 11.3 Å². The summed E-state index contributed by atoms with van der Waals surface area (Å²) in [5.41, 5.74) is 1.80. The number of nitrogens with one attached hydrogen (secondary N) is 1. The molecule has 0 atom stereocenters. The van der Waals surface area contributed by atoms with E-state index in [4.69, 9.17) is 0 Å². The average molecular weight is 233 g/mol. The maximum absolute atomic E-state index is 13.2. The summed E-state index contributed by atoms with van der Waals surface area (Å²) in [5, 5.41) is 3.09. The van der Waals surface area contributed by atoms with Crippen molar-refractivity contribution in [2.75, 3.05) is 13.6 Å². The molecule has 17 heavy (non-hydrogen) atoms. The van der Waals surface area contributed by atoms with E-state index in [0.29, 0.717) is 0 Å². The molecule has 1 heterocycles. The van der Waals surface area contributed by atoms with Gasteiger partial charge in [0.2, 0.25) is 0 Å². The van der Waals surface area contributed by atoms with Crippen LogP contribution in [-0.2, 0) is 13.5 Å². The van der Waals surface area contributed by atoms with E-state index >= 15 is 0 Å². The molecule has 4 heteroatoms. The fourth-order valence-corrected chi connectivity index (χ4v) is 1.83. The van der Waals surface area contributed by atoms with Crippen LogP contribution in [0.3, 0.4) is 0 Å². The lowest BCUT2D eigenvalue weighted by molar-refractivity contribution is 0.628. The molecule has 0 aliphatic rings. The summed E-state index contributed by atoms with van der Waals surface area (Å²) in [7, 11) is 3.87. The van der Waals surface area contributed by atoms with E-state index in [2.05, 4.69) is 10.3 Å². The van der Waals surface area contributed by atoms with Gasteiger partial charge < -0.3 is 9.88 Å². The van der Waals surface area contributed by atoms with Gasteiger partial charge in [0.25, 0.3) is 0 Å². The van der Waals surface area contributed by atoms with Crippen molar-refractivity contribution in [3.05, 3.63) is 42.1 Å². The summed E-state index contributed by atoms with van der Waals surface area (Å²) >= 11 is 0. The molecule has 0 amide bonds. The van der Waals surface area contributed by atoms with Crippen LogP contribution in [-0.4, -0.2) is 23.1 Å². The Hall–Kier alpha value is -1.68. The van der Waals surface area contributed by atoms with Crippen molar-refractivity contribution in [1.82, 2.24) is 14.9 Å². The highest BCUT2D eigenvalue weighted by atomic mass is 19.1. The van der Waals surface area contributed by atoms with Gasteiger partial charge in [-0.1, -0.05) is 12.1 Å². The van der Waals surface area contributed by atoms with Crippen LogP contribution < -0.4 is 5.32 Å².